The first-order chi connectivity index (χ1) is 46.1. The lowest BCUT2D eigenvalue weighted by Gasteiger charge is -2.21. The molecule has 0 radical (unpaired) electrons. The van der Waals surface area contributed by atoms with E-state index >= 15 is 0 Å². The largest absolute Gasteiger partial charge is 0.472 e. The number of phosphoric ester groups is 2. The van der Waals surface area contributed by atoms with Crippen molar-refractivity contribution in [2.45, 2.75) is 408 Å². The zero-order chi connectivity index (χ0) is 71.0. The van der Waals surface area contributed by atoms with Crippen molar-refractivity contribution in [3.05, 3.63) is 0 Å². The van der Waals surface area contributed by atoms with Gasteiger partial charge in [-0.05, 0) is 49.4 Å². The van der Waals surface area contributed by atoms with Crippen LogP contribution in [0.4, 0.5) is 0 Å². The average molecular weight is 1410 g/mol. The van der Waals surface area contributed by atoms with Crippen LogP contribution < -0.4 is 0 Å². The van der Waals surface area contributed by atoms with Gasteiger partial charge in [-0.15, -0.1) is 0 Å². The SMILES string of the molecule is CCC(C)CCCCCCCCCCCCCCCCC(=O)O[C@H](COC(=O)CCCCCCCCCCCCCCCCC(C)C)COP(=O)(O)OCC(O)COP(=O)(O)OC[C@@H](COC(=O)CCCCCCCCCCC(C)C)OC(=O)CCCCCCCCCC(C)C. The zero-order valence-corrected chi connectivity index (χ0v) is 64.8. The van der Waals surface area contributed by atoms with E-state index in [0.29, 0.717) is 31.6 Å². The third-order valence-electron chi connectivity index (χ3n) is 18.2. The molecule has 0 aromatic carbocycles. The van der Waals surface area contributed by atoms with Crippen molar-refractivity contribution in [3.8, 4) is 0 Å². The molecule has 0 fully saturated rings. The van der Waals surface area contributed by atoms with Gasteiger partial charge >= 0.3 is 39.5 Å². The molecule has 96 heavy (non-hydrogen) atoms. The molecule has 0 spiro atoms. The summed E-state index contributed by atoms with van der Waals surface area (Å²) in [5.74, 6) is 0.945. The van der Waals surface area contributed by atoms with E-state index < -0.39 is 97.5 Å². The topological polar surface area (TPSA) is 237 Å². The maximum Gasteiger partial charge on any atom is 0.472 e. The number of aliphatic hydroxyl groups is 1. The van der Waals surface area contributed by atoms with Gasteiger partial charge in [-0.25, -0.2) is 9.13 Å². The molecule has 0 aliphatic heterocycles. The first-order valence-electron chi connectivity index (χ1n) is 39.7. The third-order valence-corrected chi connectivity index (χ3v) is 20.1. The summed E-state index contributed by atoms with van der Waals surface area (Å²) >= 11 is 0. The highest BCUT2D eigenvalue weighted by molar-refractivity contribution is 7.47. The van der Waals surface area contributed by atoms with Gasteiger partial charge in [0.25, 0.3) is 0 Å². The van der Waals surface area contributed by atoms with Crippen LogP contribution in [0, 0.1) is 23.7 Å². The van der Waals surface area contributed by atoms with E-state index in [0.717, 1.165) is 108 Å². The third kappa shape index (κ3) is 69.2. The fourth-order valence-corrected chi connectivity index (χ4v) is 13.3. The number of phosphoric acid groups is 2. The molecule has 0 amide bonds. The Hall–Kier alpha value is -1.94. The molecule has 0 heterocycles. The average Bonchev–Trinajstić information content (AvgIpc) is 1.03. The van der Waals surface area contributed by atoms with E-state index in [1.807, 2.05) is 0 Å². The lowest BCUT2D eigenvalue weighted by atomic mass is 9.99. The minimum absolute atomic E-state index is 0.103. The maximum atomic E-state index is 13.1. The van der Waals surface area contributed by atoms with Crippen LogP contribution in [-0.2, 0) is 65.4 Å². The van der Waals surface area contributed by atoms with Crippen LogP contribution >= 0.6 is 15.6 Å². The molecule has 3 N–H and O–H groups in total. The number of esters is 4. The lowest BCUT2D eigenvalue weighted by Crippen LogP contribution is -2.30. The van der Waals surface area contributed by atoms with E-state index in [-0.39, 0.29) is 25.7 Å². The zero-order valence-electron chi connectivity index (χ0n) is 63.0. The van der Waals surface area contributed by atoms with E-state index in [2.05, 4.69) is 55.4 Å². The number of rotatable bonds is 74. The van der Waals surface area contributed by atoms with E-state index in [4.69, 9.17) is 37.0 Å². The predicted octanol–water partition coefficient (Wildman–Crippen LogP) is 22.4. The quantitative estimate of drug-likeness (QED) is 0.0222. The summed E-state index contributed by atoms with van der Waals surface area (Å²) < 4.78 is 68.5. The normalized spacial score (nSPS) is 14.4. The number of aliphatic hydroxyl groups excluding tert-OH is 1. The van der Waals surface area contributed by atoms with Crippen molar-refractivity contribution in [1.82, 2.24) is 0 Å². The van der Waals surface area contributed by atoms with Gasteiger partial charge in [0, 0.05) is 25.7 Å². The smallest absolute Gasteiger partial charge is 0.462 e. The van der Waals surface area contributed by atoms with Gasteiger partial charge in [0.2, 0.25) is 0 Å². The molecule has 6 atom stereocenters. The Morgan fingerprint density at radius 1 is 0.292 bits per heavy atom. The molecule has 0 aromatic heterocycles. The number of carbonyl (C=O) groups excluding carboxylic acids is 4. The van der Waals surface area contributed by atoms with Crippen molar-refractivity contribution in [3.63, 3.8) is 0 Å². The van der Waals surface area contributed by atoms with Gasteiger partial charge in [-0.1, -0.05) is 338 Å². The first-order valence-corrected chi connectivity index (χ1v) is 42.7. The first kappa shape index (κ1) is 94.1. The molecule has 0 aliphatic carbocycles. The van der Waals surface area contributed by atoms with Gasteiger partial charge in [-0.3, -0.25) is 37.3 Å². The Morgan fingerprint density at radius 2 is 0.500 bits per heavy atom. The summed E-state index contributed by atoms with van der Waals surface area (Å²) in [7, 11) is -9.91. The molecule has 0 saturated heterocycles. The second-order valence-corrected chi connectivity index (χ2v) is 32.3. The van der Waals surface area contributed by atoms with Gasteiger partial charge in [0.1, 0.15) is 19.3 Å². The molecule has 4 unspecified atom stereocenters. The molecule has 0 rings (SSSR count). The summed E-state index contributed by atoms with van der Waals surface area (Å²) in [5, 5.41) is 10.6. The summed E-state index contributed by atoms with van der Waals surface area (Å²) in [5.41, 5.74) is 0. The van der Waals surface area contributed by atoms with Crippen molar-refractivity contribution >= 4 is 39.5 Å². The van der Waals surface area contributed by atoms with Gasteiger partial charge in [0.05, 0.1) is 26.4 Å². The second-order valence-electron chi connectivity index (χ2n) is 29.4. The van der Waals surface area contributed by atoms with Crippen LogP contribution in [-0.4, -0.2) is 96.7 Å². The monoisotopic (exact) mass is 1410 g/mol. The molecule has 19 heteroatoms. The second kappa shape index (κ2) is 66.3. The number of ether oxygens (including phenoxy) is 4. The molecular formula is C77H150O17P2. The predicted molar refractivity (Wildman–Crippen MR) is 391 cm³/mol. The summed E-state index contributed by atoms with van der Waals surface area (Å²) in [6.07, 6.45) is 51.4. The van der Waals surface area contributed by atoms with Crippen molar-refractivity contribution in [1.29, 1.82) is 0 Å². The number of hydrogen-bond acceptors (Lipinski definition) is 15. The van der Waals surface area contributed by atoms with Crippen LogP contribution in [0.2, 0.25) is 0 Å². The molecule has 0 bridgehead atoms. The summed E-state index contributed by atoms with van der Waals surface area (Å²) in [6, 6.07) is 0. The number of unbranched alkanes of at least 4 members (excludes halogenated alkanes) is 39. The fourth-order valence-electron chi connectivity index (χ4n) is 11.7. The highest BCUT2D eigenvalue weighted by atomic mass is 31.2. The summed E-state index contributed by atoms with van der Waals surface area (Å²) in [4.78, 5) is 72.8. The summed E-state index contributed by atoms with van der Waals surface area (Å²) in [6.45, 7) is 14.2. The maximum absolute atomic E-state index is 13.1. The van der Waals surface area contributed by atoms with Crippen LogP contribution in [0.3, 0.4) is 0 Å². The van der Waals surface area contributed by atoms with Gasteiger partial charge in [-0.2, -0.15) is 0 Å². The molecular weight excluding hydrogens is 1260 g/mol. The van der Waals surface area contributed by atoms with E-state index in [1.165, 1.54) is 193 Å². The standard InChI is InChI=1S/C77H150O17P2/c1-9-70(8)56-48-40-32-23-19-15-11-13-17-21-25-35-43-51-59-76(81)93-72(63-87-74(79)57-49-41-33-24-20-16-12-10-14-18-22-29-37-45-53-67(2)3)65-91-95(83,84)89-61-71(78)62-90-96(85,86)92-66-73(94-77(82)60-52-44-36-28-31-39-47-55-69(6)7)64-88-75(80)58-50-42-34-27-26-30-38-46-54-68(4)5/h67-73,78H,9-66H2,1-8H3,(H,83,84)(H,85,86)/t70?,71?,72-,73-/m1/s1. The Kier molecular flexibility index (Phi) is 65.0. The van der Waals surface area contributed by atoms with Gasteiger partial charge < -0.3 is 33.8 Å². The van der Waals surface area contributed by atoms with Crippen molar-refractivity contribution in [2.75, 3.05) is 39.6 Å². The molecule has 17 nitrogen and oxygen atoms in total. The van der Waals surface area contributed by atoms with Crippen LogP contribution in [0.25, 0.3) is 0 Å². The Balaban J connectivity index is 5.23. The van der Waals surface area contributed by atoms with Crippen LogP contribution in [0.15, 0.2) is 0 Å². The number of carbonyl (C=O) groups is 4. The minimum Gasteiger partial charge on any atom is -0.462 e. The molecule has 0 aromatic rings. The van der Waals surface area contributed by atoms with Crippen LogP contribution in [0.5, 0.6) is 0 Å². The Labute approximate surface area is 588 Å². The Morgan fingerprint density at radius 3 is 0.740 bits per heavy atom. The molecule has 0 saturated carbocycles. The molecule has 570 valence electrons. The van der Waals surface area contributed by atoms with E-state index in [1.54, 1.807) is 0 Å². The van der Waals surface area contributed by atoms with Crippen molar-refractivity contribution in [2.24, 2.45) is 23.7 Å². The van der Waals surface area contributed by atoms with E-state index in [9.17, 15) is 43.2 Å². The highest BCUT2D eigenvalue weighted by Gasteiger charge is 2.30. The molecule has 0 aliphatic rings. The van der Waals surface area contributed by atoms with Gasteiger partial charge in [0.15, 0.2) is 12.2 Å². The number of hydrogen-bond donors (Lipinski definition) is 3. The Bertz CT molecular complexity index is 1890. The minimum atomic E-state index is -4.96. The van der Waals surface area contributed by atoms with Crippen molar-refractivity contribution < 1.29 is 80.2 Å². The highest BCUT2D eigenvalue weighted by Crippen LogP contribution is 2.45. The lowest BCUT2D eigenvalue weighted by molar-refractivity contribution is -0.161. The fraction of sp³-hybridized carbons (Fsp3) is 0.948. The van der Waals surface area contributed by atoms with Crippen LogP contribution in [0.1, 0.15) is 389 Å².